The number of aryl methyl sites for hydroxylation is 1. The van der Waals surface area contributed by atoms with E-state index in [1.165, 1.54) is 6.92 Å². The molecule has 2 aliphatic heterocycles. The van der Waals surface area contributed by atoms with Gasteiger partial charge in [0.2, 0.25) is 5.91 Å². The number of cyclic esters (lactones) is 1. The van der Waals surface area contributed by atoms with Crippen molar-refractivity contribution in [3.05, 3.63) is 35.0 Å². The fourth-order valence-electron chi connectivity index (χ4n) is 3.35. The Balaban J connectivity index is 1.71. The maximum absolute atomic E-state index is 12.2. The minimum Gasteiger partial charge on any atom is -0.442 e. The highest BCUT2D eigenvalue weighted by Crippen LogP contribution is 2.30. The molecule has 0 saturated carbocycles. The summed E-state index contributed by atoms with van der Waals surface area (Å²) in [7, 11) is 1.73. The molecule has 144 valence electrons. The monoisotopic (exact) mass is 371 g/mol. The number of nitrogens with zero attached hydrogens (tertiary/aromatic N) is 3. The minimum absolute atomic E-state index is 0.143. The molecule has 3 N–H and O–H groups in total. The molecule has 8 heteroatoms. The quantitative estimate of drug-likeness (QED) is 0.758. The lowest BCUT2D eigenvalue weighted by Gasteiger charge is -2.22. The van der Waals surface area contributed by atoms with Gasteiger partial charge in [-0.1, -0.05) is 0 Å². The number of nitrogens with two attached hydrogens (primary N) is 1. The average molecular weight is 371 g/mol. The molecule has 27 heavy (non-hydrogen) atoms. The predicted octanol–water partition coefficient (Wildman–Crippen LogP) is 1.19. The number of nitrogens with one attached hydrogen (secondary N) is 1. The third-order valence-corrected chi connectivity index (χ3v) is 4.71. The Morgan fingerprint density at radius 1 is 1.44 bits per heavy atom. The summed E-state index contributed by atoms with van der Waals surface area (Å²) in [6, 6.07) is 5.95. The van der Waals surface area contributed by atoms with Crippen molar-refractivity contribution in [2.24, 2.45) is 10.7 Å². The van der Waals surface area contributed by atoms with Crippen molar-refractivity contribution in [3.63, 3.8) is 0 Å². The van der Waals surface area contributed by atoms with E-state index < -0.39 is 6.09 Å². The Labute approximate surface area is 158 Å². The summed E-state index contributed by atoms with van der Waals surface area (Å²) in [6.45, 7) is 5.50. The second kappa shape index (κ2) is 7.69. The van der Waals surface area contributed by atoms with Crippen LogP contribution in [0, 0.1) is 6.92 Å². The Morgan fingerprint density at radius 2 is 2.22 bits per heavy atom. The third kappa shape index (κ3) is 4.05. The van der Waals surface area contributed by atoms with Crippen LogP contribution in [0.1, 0.15) is 12.5 Å². The highest BCUT2D eigenvalue weighted by Gasteiger charge is 2.33. The fraction of sp³-hybridized carbons (Fsp3) is 0.421. The number of benzene rings is 1. The lowest BCUT2D eigenvalue weighted by atomic mass is 10.1. The molecule has 2 heterocycles. The van der Waals surface area contributed by atoms with Crippen LogP contribution in [0.2, 0.25) is 0 Å². The molecule has 1 aromatic carbocycles. The van der Waals surface area contributed by atoms with E-state index in [1.807, 2.05) is 25.1 Å². The predicted molar refractivity (Wildman–Crippen MR) is 105 cm³/mol. The van der Waals surface area contributed by atoms with Crippen molar-refractivity contribution in [2.45, 2.75) is 20.0 Å². The van der Waals surface area contributed by atoms with Crippen LogP contribution in [-0.2, 0) is 9.53 Å². The molecule has 0 aliphatic carbocycles. The maximum Gasteiger partial charge on any atom is 0.414 e. The zero-order valence-electron chi connectivity index (χ0n) is 15.9. The first-order chi connectivity index (χ1) is 12.9. The zero-order chi connectivity index (χ0) is 19.6. The highest BCUT2D eigenvalue weighted by atomic mass is 16.6. The molecule has 2 aliphatic rings. The van der Waals surface area contributed by atoms with E-state index >= 15 is 0 Å². The Bertz CT molecular complexity index is 818. The number of rotatable bonds is 5. The molecule has 1 fully saturated rings. The normalized spacial score (nSPS) is 20.0. The van der Waals surface area contributed by atoms with Gasteiger partial charge in [0, 0.05) is 43.7 Å². The highest BCUT2D eigenvalue weighted by molar-refractivity contribution is 5.91. The van der Waals surface area contributed by atoms with E-state index in [0.29, 0.717) is 26.2 Å². The number of carbonyl (C=O) groups is 2. The lowest BCUT2D eigenvalue weighted by Crippen LogP contribution is -2.33. The summed E-state index contributed by atoms with van der Waals surface area (Å²) in [6.07, 6.45) is 1.06. The Hall–Kier alpha value is -3.03. The van der Waals surface area contributed by atoms with Crippen LogP contribution in [0.25, 0.3) is 0 Å². The molecule has 1 aromatic rings. The van der Waals surface area contributed by atoms with Crippen LogP contribution in [-0.4, -0.2) is 57.5 Å². The molecule has 8 nitrogen and oxygen atoms in total. The van der Waals surface area contributed by atoms with Crippen LogP contribution in [0.15, 0.2) is 34.5 Å². The molecule has 0 radical (unpaired) electrons. The summed E-state index contributed by atoms with van der Waals surface area (Å²) < 4.78 is 5.34. The van der Waals surface area contributed by atoms with Gasteiger partial charge < -0.3 is 20.7 Å². The number of hydrogen-bond donors (Lipinski definition) is 2. The summed E-state index contributed by atoms with van der Waals surface area (Å²) in [4.78, 5) is 31.1. The van der Waals surface area contributed by atoms with Crippen LogP contribution in [0.4, 0.5) is 16.2 Å². The van der Waals surface area contributed by atoms with Gasteiger partial charge in [0.15, 0.2) is 0 Å². The first-order valence-corrected chi connectivity index (χ1v) is 8.87. The summed E-state index contributed by atoms with van der Waals surface area (Å²) in [5, 5.41) is 2.68. The van der Waals surface area contributed by atoms with Gasteiger partial charge in [0.1, 0.15) is 6.10 Å². The van der Waals surface area contributed by atoms with Crippen molar-refractivity contribution in [1.82, 2.24) is 5.32 Å². The molecule has 0 unspecified atom stereocenters. The van der Waals surface area contributed by atoms with E-state index in [2.05, 4.69) is 15.2 Å². The van der Waals surface area contributed by atoms with Gasteiger partial charge in [-0.3, -0.25) is 14.7 Å². The first-order valence-electron chi connectivity index (χ1n) is 8.87. The molecule has 1 saturated heterocycles. The molecule has 0 aromatic heterocycles. The second-order valence-corrected chi connectivity index (χ2v) is 6.82. The van der Waals surface area contributed by atoms with Crippen LogP contribution >= 0.6 is 0 Å². The molecule has 1 atom stereocenters. The van der Waals surface area contributed by atoms with Crippen LogP contribution < -0.4 is 20.9 Å². The summed E-state index contributed by atoms with van der Waals surface area (Å²) in [5.41, 5.74) is 10.8. The van der Waals surface area contributed by atoms with Gasteiger partial charge in [0.25, 0.3) is 0 Å². The van der Waals surface area contributed by atoms with Gasteiger partial charge in [-0.2, -0.15) is 0 Å². The SMILES string of the molecule is CN=CC1=C(N)CN(c2ccc(N3C[C@H](CNC(C)=O)OC3=O)c(C)c2)C1. The molecular formula is C19H25N5O3. The summed E-state index contributed by atoms with van der Waals surface area (Å²) >= 11 is 0. The van der Waals surface area contributed by atoms with Crippen molar-refractivity contribution in [2.75, 3.05) is 43.0 Å². The van der Waals surface area contributed by atoms with E-state index in [9.17, 15) is 9.59 Å². The van der Waals surface area contributed by atoms with Gasteiger partial charge in [-0.15, -0.1) is 0 Å². The van der Waals surface area contributed by atoms with Crippen molar-refractivity contribution in [1.29, 1.82) is 0 Å². The zero-order valence-corrected chi connectivity index (χ0v) is 15.9. The standard InChI is InChI=1S/C19H25N5O3/c1-12-6-15(23-9-14(7-21-3)17(20)11-23)4-5-18(12)24-10-16(27-19(24)26)8-22-13(2)25/h4-7,16H,8-11,20H2,1-3H3,(H,22,25)/t16-/m0/s1. The van der Waals surface area contributed by atoms with E-state index in [-0.39, 0.29) is 12.0 Å². The third-order valence-electron chi connectivity index (χ3n) is 4.71. The van der Waals surface area contributed by atoms with Gasteiger partial charge >= 0.3 is 6.09 Å². The lowest BCUT2D eigenvalue weighted by molar-refractivity contribution is -0.119. The van der Waals surface area contributed by atoms with Crippen molar-refractivity contribution < 1.29 is 14.3 Å². The largest absolute Gasteiger partial charge is 0.442 e. The smallest absolute Gasteiger partial charge is 0.414 e. The molecule has 2 amide bonds. The molecular weight excluding hydrogens is 346 g/mol. The second-order valence-electron chi connectivity index (χ2n) is 6.82. The number of hydrogen-bond acceptors (Lipinski definition) is 6. The van der Waals surface area contributed by atoms with Crippen LogP contribution in [0.3, 0.4) is 0 Å². The van der Waals surface area contributed by atoms with E-state index in [4.69, 9.17) is 10.5 Å². The molecule has 3 rings (SSSR count). The van der Waals surface area contributed by atoms with E-state index in [1.54, 1.807) is 18.2 Å². The van der Waals surface area contributed by atoms with Crippen LogP contribution in [0.5, 0.6) is 0 Å². The number of aliphatic imine (C=N–C) groups is 1. The number of ether oxygens (including phenoxy) is 1. The van der Waals surface area contributed by atoms with Crippen molar-refractivity contribution >= 4 is 29.6 Å². The van der Waals surface area contributed by atoms with Crippen molar-refractivity contribution in [3.8, 4) is 0 Å². The summed E-state index contributed by atoms with van der Waals surface area (Å²) in [5.74, 6) is -0.143. The van der Waals surface area contributed by atoms with Gasteiger partial charge in [-0.05, 0) is 30.7 Å². The number of amides is 2. The number of anilines is 2. The van der Waals surface area contributed by atoms with Gasteiger partial charge in [-0.25, -0.2) is 4.79 Å². The van der Waals surface area contributed by atoms with E-state index in [0.717, 1.165) is 28.2 Å². The average Bonchev–Trinajstić information content (AvgIpc) is 3.16. The molecule has 0 bridgehead atoms. The Morgan fingerprint density at radius 3 is 2.89 bits per heavy atom. The first kappa shape index (κ1) is 18.8. The fourth-order valence-corrected chi connectivity index (χ4v) is 3.35. The maximum atomic E-state index is 12.2. The molecule has 0 spiro atoms. The number of carbonyl (C=O) groups excluding carboxylic acids is 2. The topological polar surface area (TPSA) is 100 Å². The Kier molecular flexibility index (Phi) is 5.34. The van der Waals surface area contributed by atoms with Gasteiger partial charge in [0.05, 0.1) is 25.3 Å². The minimum atomic E-state index is -0.394.